The fourth-order valence-corrected chi connectivity index (χ4v) is 2.56. The fourth-order valence-electron chi connectivity index (χ4n) is 2.56. The van der Waals surface area contributed by atoms with Crippen molar-refractivity contribution in [1.82, 2.24) is 0 Å². The summed E-state index contributed by atoms with van der Waals surface area (Å²) in [7, 11) is 5.89. The highest BCUT2D eigenvalue weighted by Crippen LogP contribution is 2.39. The van der Waals surface area contributed by atoms with Crippen molar-refractivity contribution in [2.75, 3.05) is 40.4 Å². The Labute approximate surface area is 179 Å². The van der Waals surface area contributed by atoms with Crippen molar-refractivity contribution in [3.8, 4) is 29.1 Å². The summed E-state index contributed by atoms with van der Waals surface area (Å²) in [5.74, 6) is 0.188. The Morgan fingerprint density at radius 1 is 0.968 bits per heavy atom. The van der Waals surface area contributed by atoms with Crippen LogP contribution in [-0.4, -0.2) is 46.9 Å². The largest absolute Gasteiger partial charge is 0.497 e. The van der Waals surface area contributed by atoms with Gasteiger partial charge in [0, 0.05) is 17.8 Å². The number of rotatable bonds is 9. The van der Waals surface area contributed by atoms with Gasteiger partial charge in [-0.2, -0.15) is 5.26 Å². The highest BCUT2D eigenvalue weighted by Gasteiger charge is 2.16. The smallest absolute Gasteiger partial charge is 0.349 e. The van der Waals surface area contributed by atoms with Gasteiger partial charge in [0.1, 0.15) is 17.4 Å². The molecule has 9 heteroatoms. The van der Waals surface area contributed by atoms with Crippen LogP contribution < -0.4 is 24.3 Å². The van der Waals surface area contributed by atoms with Gasteiger partial charge in [-0.25, -0.2) is 4.79 Å². The van der Waals surface area contributed by atoms with Crippen LogP contribution >= 0.6 is 0 Å². The van der Waals surface area contributed by atoms with Crippen LogP contribution in [0.4, 0.5) is 5.69 Å². The second-order valence-electron chi connectivity index (χ2n) is 5.98. The lowest BCUT2D eigenvalue weighted by atomic mass is 10.1. The van der Waals surface area contributed by atoms with Gasteiger partial charge in [-0.3, -0.25) is 4.79 Å². The second-order valence-corrected chi connectivity index (χ2v) is 5.98. The van der Waals surface area contributed by atoms with Gasteiger partial charge in [0.05, 0.1) is 28.4 Å². The number of ether oxygens (including phenoxy) is 5. The van der Waals surface area contributed by atoms with E-state index in [9.17, 15) is 14.9 Å². The lowest BCUT2D eigenvalue weighted by molar-refractivity contribution is -0.142. The monoisotopic (exact) mass is 426 g/mol. The van der Waals surface area contributed by atoms with E-state index in [1.807, 2.05) is 0 Å². The molecule has 9 nitrogen and oxygen atoms in total. The normalized spacial score (nSPS) is 10.5. The van der Waals surface area contributed by atoms with Gasteiger partial charge in [0.25, 0.3) is 5.91 Å². The highest BCUT2D eigenvalue weighted by atomic mass is 16.5. The summed E-state index contributed by atoms with van der Waals surface area (Å²) in [5, 5.41) is 11.8. The van der Waals surface area contributed by atoms with Crippen LogP contribution in [0.2, 0.25) is 0 Å². The van der Waals surface area contributed by atoms with Crippen molar-refractivity contribution >= 4 is 23.6 Å². The van der Waals surface area contributed by atoms with E-state index in [1.54, 1.807) is 30.3 Å². The molecule has 31 heavy (non-hydrogen) atoms. The topological polar surface area (TPSA) is 116 Å². The van der Waals surface area contributed by atoms with Crippen molar-refractivity contribution < 1.29 is 33.3 Å². The number of amides is 1. The van der Waals surface area contributed by atoms with E-state index in [4.69, 9.17) is 23.7 Å². The number of carbonyl (C=O) groups excluding carboxylic acids is 2. The van der Waals surface area contributed by atoms with Crippen LogP contribution in [0.15, 0.2) is 42.0 Å². The number of anilines is 1. The third kappa shape index (κ3) is 6.14. The molecule has 0 radical (unpaired) electrons. The predicted octanol–water partition coefficient (Wildman–Crippen LogP) is 2.81. The molecule has 0 saturated heterocycles. The Balaban J connectivity index is 2.03. The number of methoxy groups -OCH3 is 4. The molecule has 2 aromatic carbocycles. The molecule has 0 unspecified atom stereocenters. The molecule has 0 heterocycles. The average Bonchev–Trinajstić information content (AvgIpc) is 2.80. The number of carbonyl (C=O) groups is 2. The molecule has 0 atom stereocenters. The van der Waals surface area contributed by atoms with Crippen molar-refractivity contribution in [2.24, 2.45) is 0 Å². The first kappa shape index (κ1) is 23.1. The van der Waals surface area contributed by atoms with Crippen molar-refractivity contribution in [3.05, 3.63) is 47.5 Å². The maximum Gasteiger partial charge on any atom is 0.349 e. The van der Waals surface area contributed by atoms with E-state index in [1.165, 1.54) is 46.6 Å². The number of nitriles is 1. The maximum atomic E-state index is 12.2. The lowest BCUT2D eigenvalue weighted by Gasteiger charge is -2.14. The van der Waals surface area contributed by atoms with Crippen LogP contribution in [0.5, 0.6) is 23.0 Å². The van der Waals surface area contributed by atoms with Crippen LogP contribution in [0, 0.1) is 11.3 Å². The second kappa shape index (κ2) is 11.1. The summed E-state index contributed by atoms with van der Waals surface area (Å²) in [6.07, 6.45) is 1.36. The molecule has 0 bridgehead atoms. The first-order valence-corrected chi connectivity index (χ1v) is 8.98. The van der Waals surface area contributed by atoms with Crippen LogP contribution in [-0.2, 0) is 14.3 Å². The van der Waals surface area contributed by atoms with Crippen molar-refractivity contribution in [3.63, 3.8) is 0 Å². The Bertz CT molecular complexity index is 983. The lowest BCUT2D eigenvalue weighted by Crippen LogP contribution is -2.21. The standard InChI is InChI=1S/C22H22N2O7/c1-27-17-7-5-14(6-8-17)9-15(12-23)22(26)31-13-20(25)24-16-10-18(28-2)21(30-4)19(11-16)29-3/h5-11H,13H2,1-4H3,(H,24,25)/b15-9+. The molecule has 0 aromatic heterocycles. The number of nitrogens with zero attached hydrogens (tertiary/aromatic N) is 1. The molecule has 0 fully saturated rings. The minimum absolute atomic E-state index is 0.245. The molecule has 2 aromatic rings. The number of esters is 1. The van der Waals surface area contributed by atoms with Crippen LogP contribution in [0.3, 0.4) is 0 Å². The molecule has 0 saturated carbocycles. The molecule has 1 amide bonds. The van der Waals surface area contributed by atoms with Gasteiger partial charge in [0.15, 0.2) is 18.1 Å². The summed E-state index contributed by atoms with van der Waals surface area (Å²) < 4.78 is 25.7. The van der Waals surface area contributed by atoms with Gasteiger partial charge in [-0.1, -0.05) is 12.1 Å². The first-order valence-electron chi connectivity index (χ1n) is 8.98. The minimum Gasteiger partial charge on any atom is -0.497 e. The van der Waals surface area contributed by atoms with E-state index in [-0.39, 0.29) is 5.57 Å². The quantitative estimate of drug-likeness (QED) is 0.370. The van der Waals surface area contributed by atoms with E-state index >= 15 is 0 Å². The molecule has 1 N–H and O–H groups in total. The Morgan fingerprint density at radius 2 is 1.58 bits per heavy atom. The zero-order valence-corrected chi connectivity index (χ0v) is 17.6. The molecular formula is C22H22N2O7. The van der Waals surface area contributed by atoms with Gasteiger partial charge in [0.2, 0.25) is 5.75 Å². The highest BCUT2D eigenvalue weighted by molar-refractivity contribution is 6.00. The van der Waals surface area contributed by atoms with E-state index < -0.39 is 18.5 Å². The average molecular weight is 426 g/mol. The number of nitrogens with one attached hydrogen (secondary N) is 1. The fraction of sp³-hybridized carbons (Fsp3) is 0.227. The van der Waals surface area contributed by atoms with E-state index in [0.717, 1.165) is 0 Å². The van der Waals surface area contributed by atoms with Gasteiger partial charge < -0.3 is 29.0 Å². The van der Waals surface area contributed by atoms with Gasteiger partial charge in [-0.05, 0) is 23.8 Å². The molecule has 0 aliphatic rings. The zero-order chi connectivity index (χ0) is 22.8. The Morgan fingerprint density at radius 3 is 2.06 bits per heavy atom. The molecule has 0 aliphatic heterocycles. The molecular weight excluding hydrogens is 404 g/mol. The summed E-state index contributed by atoms with van der Waals surface area (Å²) in [6, 6.07) is 11.6. The maximum absolute atomic E-state index is 12.2. The number of hydrogen-bond donors (Lipinski definition) is 1. The van der Waals surface area contributed by atoms with Crippen LogP contribution in [0.25, 0.3) is 6.08 Å². The number of hydrogen-bond acceptors (Lipinski definition) is 8. The first-order chi connectivity index (χ1) is 14.9. The molecule has 2 rings (SSSR count). The summed E-state index contributed by atoms with van der Waals surface area (Å²) in [5.41, 5.74) is 0.715. The molecule has 0 aliphatic carbocycles. The summed E-state index contributed by atoms with van der Waals surface area (Å²) >= 11 is 0. The SMILES string of the molecule is COc1ccc(/C=C(\C#N)C(=O)OCC(=O)Nc2cc(OC)c(OC)c(OC)c2)cc1. The third-order valence-corrected chi connectivity index (χ3v) is 4.05. The van der Waals surface area contributed by atoms with E-state index in [0.29, 0.717) is 34.2 Å². The Kier molecular flexibility index (Phi) is 8.28. The summed E-state index contributed by atoms with van der Waals surface area (Å²) in [6.45, 7) is -0.586. The third-order valence-electron chi connectivity index (χ3n) is 4.05. The van der Waals surface area contributed by atoms with Gasteiger partial charge >= 0.3 is 5.97 Å². The summed E-state index contributed by atoms with van der Waals surface area (Å²) in [4.78, 5) is 24.4. The zero-order valence-electron chi connectivity index (χ0n) is 17.6. The van der Waals surface area contributed by atoms with Crippen LogP contribution in [0.1, 0.15) is 5.56 Å². The predicted molar refractivity (Wildman–Crippen MR) is 112 cm³/mol. The molecule has 0 spiro atoms. The van der Waals surface area contributed by atoms with Crippen molar-refractivity contribution in [1.29, 1.82) is 5.26 Å². The Hall–Kier alpha value is -4.19. The minimum atomic E-state index is -0.918. The number of benzene rings is 2. The van der Waals surface area contributed by atoms with Crippen molar-refractivity contribution in [2.45, 2.75) is 0 Å². The molecule has 162 valence electrons. The van der Waals surface area contributed by atoms with E-state index in [2.05, 4.69) is 5.32 Å². The van der Waals surface area contributed by atoms with Gasteiger partial charge in [-0.15, -0.1) is 0 Å².